The molecule has 2 nitrogen and oxygen atoms in total. The van der Waals surface area contributed by atoms with E-state index < -0.39 is 64.5 Å². The minimum Gasteiger partial charge on any atom is -0.454 e. The molecule has 0 fully saturated rings. The standard InChI is InChI=1S/C14H7F7O2/c15-8-6-4-2-1-3-5(7(6)9(16)11(18)10(8)17)12(4)23-13(22)14(19,20)21/h1-2,4-5,12H,3H2. The van der Waals surface area contributed by atoms with Gasteiger partial charge in [-0.2, -0.15) is 13.2 Å². The highest BCUT2D eigenvalue weighted by Gasteiger charge is 2.52. The minimum atomic E-state index is -5.29. The lowest BCUT2D eigenvalue weighted by Gasteiger charge is -2.26. The molecule has 3 atom stereocenters. The van der Waals surface area contributed by atoms with Crippen LogP contribution < -0.4 is 0 Å². The van der Waals surface area contributed by atoms with Gasteiger partial charge in [-0.1, -0.05) is 12.2 Å². The van der Waals surface area contributed by atoms with Crippen molar-refractivity contribution >= 4 is 5.97 Å². The number of allylic oxidation sites excluding steroid dienone is 1. The largest absolute Gasteiger partial charge is 0.490 e. The van der Waals surface area contributed by atoms with Gasteiger partial charge in [-0.15, -0.1) is 0 Å². The summed E-state index contributed by atoms with van der Waals surface area (Å²) in [6, 6.07) is 0. The molecule has 0 heterocycles. The molecule has 0 radical (unpaired) electrons. The number of hydrogen-bond donors (Lipinski definition) is 0. The van der Waals surface area contributed by atoms with Crippen LogP contribution in [0.4, 0.5) is 30.7 Å². The third-order valence-corrected chi connectivity index (χ3v) is 4.00. The molecule has 23 heavy (non-hydrogen) atoms. The predicted molar refractivity (Wildman–Crippen MR) is 61.4 cm³/mol. The third-order valence-electron chi connectivity index (χ3n) is 4.00. The average Bonchev–Trinajstić information content (AvgIpc) is 2.65. The van der Waals surface area contributed by atoms with Crippen molar-refractivity contribution in [2.24, 2.45) is 0 Å². The monoisotopic (exact) mass is 340 g/mol. The quantitative estimate of drug-likeness (QED) is 0.255. The molecule has 2 aliphatic carbocycles. The van der Waals surface area contributed by atoms with E-state index >= 15 is 0 Å². The Kier molecular flexibility index (Phi) is 3.42. The zero-order valence-electron chi connectivity index (χ0n) is 11.1. The molecule has 0 N–H and O–H groups in total. The predicted octanol–water partition coefficient (Wildman–Crippen LogP) is 3.86. The summed E-state index contributed by atoms with van der Waals surface area (Å²) in [7, 11) is 0. The van der Waals surface area contributed by atoms with Gasteiger partial charge in [0.2, 0.25) is 0 Å². The number of benzene rings is 1. The Morgan fingerprint density at radius 3 is 2.13 bits per heavy atom. The van der Waals surface area contributed by atoms with Crippen molar-refractivity contribution in [3.63, 3.8) is 0 Å². The van der Waals surface area contributed by atoms with Gasteiger partial charge in [0.15, 0.2) is 23.3 Å². The number of carbonyl (C=O) groups is 1. The molecule has 3 unspecified atom stereocenters. The number of ether oxygens (including phenoxy) is 1. The van der Waals surface area contributed by atoms with Crippen LogP contribution in [-0.4, -0.2) is 18.2 Å². The molecule has 0 saturated carbocycles. The Bertz CT molecular complexity index is 723. The lowest BCUT2D eigenvalue weighted by atomic mass is 9.89. The van der Waals surface area contributed by atoms with Gasteiger partial charge < -0.3 is 4.74 Å². The number of alkyl halides is 3. The van der Waals surface area contributed by atoms with Gasteiger partial charge in [0.05, 0.1) is 0 Å². The van der Waals surface area contributed by atoms with E-state index in [0.29, 0.717) is 0 Å². The molecule has 0 saturated heterocycles. The van der Waals surface area contributed by atoms with Crippen LogP contribution in [0.15, 0.2) is 12.2 Å². The summed E-state index contributed by atoms with van der Waals surface area (Å²) in [6.07, 6.45) is -4.37. The second kappa shape index (κ2) is 4.97. The van der Waals surface area contributed by atoms with Crippen molar-refractivity contribution in [3.8, 4) is 0 Å². The van der Waals surface area contributed by atoms with E-state index in [1.807, 2.05) is 0 Å². The molecular weight excluding hydrogens is 333 g/mol. The molecule has 0 aromatic heterocycles. The molecule has 0 aliphatic heterocycles. The maximum absolute atomic E-state index is 14.0. The maximum atomic E-state index is 14.0. The number of carbonyl (C=O) groups excluding carboxylic acids is 1. The van der Waals surface area contributed by atoms with E-state index in [4.69, 9.17) is 0 Å². The smallest absolute Gasteiger partial charge is 0.454 e. The summed E-state index contributed by atoms with van der Waals surface area (Å²) in [5.74, 6) is -12.5. The van der Waals surface area contributed by atoms with Crippen LogP contribution in [0.2, 0.25) is 0 Å². The molecule has 0 amide bonds. The fourth-order valence-electron chi connectivity index (χ4n) is 3.11. The van der Waals surface area contributed by atoms with Crippen molar-refractivity contribution in [2.75, 3.05) is 0 Å². The van der Waals surface area contributed by atoms with E-state index in [9.17, 15) is 35.5 Å². The molecule has 0 spiro atoms. The first-order valence-electron chi connectivity index (χ1n) is 6.44. The first-order chi connectivity index (χ1) is 10.6. The first-order valence-corrected chi connectivity index (χ1v) is 6.44. The van der Waals surface area contributed by atoms with E-state index in [-0.39, 0.29) is 6.42 Å². The summed E-state index contributed by atoms with van der Waals surface area (Å²) in [5.41, 5.74) is -1.20. The van der Waals surface area contributed by atoms with Crippen LogP contribution in [-0.2, 0) is 9.53 Å². The highest BCUT2D eigenvalue weighted by atomic mass is 19.4. The average molecular weight is 340 g/mol. The van der Waals surface area contributed by atoms with Gasteiger partial charge in [-0.05, 0) is 6.42 Å². The zero-order valence-corrected chi connectivity index (χ0v) is 11.1. The van der Waals surface area contributed by atoms with Crippen molar-refractivity contribution in [1.29, 1.82) is 0 Å². The van der Waals surface area contributed by atoms with Gasteiger partial charge in [0.1, 0.15) is 6.10 Å². The molecule has 1 aromatic carbocycles. The van der Waals surface area contributed by atoms with Gasteiger partial charge in [-0.25, -0.2) is 22.4 Å². The topological polar surface area (TPSA) is 26.3 Å². The maximum Gasteiger partial charge on any atom is 0.490 e. The number of rotatable bonds is 1. The lowest BCUT2D eigenvalue weighted by Crippen LogP contribution is -2.34. The second-order valence-corrected chi connectivity index (χ2v) is 5.25. The van der Waals surface area contributed by atoms with Gasteiger partial charge in [0, 0.05) is 23.0 Å². The SMILES string of the molecule is O=C(OC1C2C=CCC1c1c(F)c(F)c(F)c(F)c12)C(F)(F)F. The highest BCUT2D eigenvalue weighted by molar-refractivity contribution is 5.76. The minimum absolute atomic E-state index is 0.0965. The number of esters is 1. The lowest BCUT2D eigenvalue weighted by molar-refractivity contribution is -0.206. The van der Waals surface area contributed by atoms with E-state index in [1.165, 1.54) is 12.2 Å². The third kappa shape index (κ3) is 2.21. The van der Waals surface area contributed by atoms with Crippen molar-refractivity contribution < 1.29 is 40.3 Å². The Morgan fingerprint density at radius 1 is 1.00 bits per heavy atom. The van der Waals surface area contributed by atoms with Crippen molar-refractivity contribution in [1.82, 2.24) is 0 Å². The van der Waals surface area contributed by atoms with Crippen LogP contribution in [0.5, 0.6) is 0 Å². The van der Waals surface area contributed by atoms with Gasteiger partial charge in [0.25, 0.3) is 0 Å². The van der Waals surface area contributed by atoms with Gasteiger partial charge in [-0.3, -0.25) is 0 Å². The molecule has 1 aromatic rings. The Morgan fingerprint density at radius 2 is 1.57 bits per heavy atom. The molecule has 2 aliphatic rings. The summed E-state index contributed by atoms with van der Waals surface area (Å²) >= 11 is 0. The highest BCUT2D eigenvalue weighted by Crippen LogP contribution is 2.52. The Labute approximate surface area is 124 Å². The van der Waals surface area contributed by atoms with Crippen molar-refractivity contribution in [3.05, 3.63) is 46.5 Å². The second-order valence-electron chi connectivity index (χ2n) is 5.25. The fourth-order valence-corrected chi connectivity index (χ4v) is 3.11. The van der Waals surface area contributed by atoms with Crippen LogP contribution in [0.3, 0.4) is 0 Å². The number of hydrogen-bond acceptors (Lipinski definition) is 2. The molecule has 9 heteroatoms. The summed E-state index contributed by atoms with van der Waals surface area (Å²) in [6.45, 7) is 0. The van der Waals surface area contributed by atoms with Crippen LogP contribution >= 0.6 is 0 Å². The first kappa shape index (κ1) is 15.8. The van der Waals surface area contributed by atoms with Crippen molar-refractivity contribution in [2.45, 2.75) is 30.5 Å². The van der Waals surface area contributed by atoms with E-state index in [0.717, 1.165) is 0 Å². The number of halogens is 7. The normalized spacial score (nSPS) is 25.4. The Hall–Kier alpha value is -2.06. The summed E-state index contributed by atoms with van der Waals surface area (Å²) in [4.78, 5) is 11.0. The van der Waals surface area contributed by atoms with Crippen LogP contribution in [0, 0.1) is 23.3 Å². The summed E-state index contributed by atoms with van der Waals surface area (Å²) < 4.78 is 96.0. The van der Waals surface area contributed by atoms with E-state index in [2.05, 4.69) is 4.74 Å². The van der Waals surface area contributed by atoms with E-state index in [1.54, 1.807) is 0 Å². The van der Waals surface area contributed by atoms with Crippen LogP contribution in [0.25, 0.3) is 0 Å². The molecule has 124 valence electrons. The van der Waals surface area contributed by atoms with Gasteiger partial charge >= 0.3 is 12.1 Å². The Balaban J connectivity index is 2.09. The fraction of sp³-hybridized carbons (Fsp3) is 0.357. The van der Waals surface area contributed by atoms with Crippen LogP contribution in [0.1, 0.15) is 29.4 Å². The molecule has 2 bridgehead atoms. The zero-order chi connectivity index (χ0) is 17.1. The number of fused-ring (bicyclic) bond motifs is 5. The molecular formula is C14H7F7O2. The summed E-state index contributed by atoms with van der Waals surface area (Å²) in [5, 5.41) is 0. The molecule has 3 rings (SSSR count).